The minimum atomic E-state index is 0.296. The first kappa shape index (κ1) is 21.9. The summed E-state index contributed by atoms with van der Waals surface area (Å²) in [5.74, 6) is 3.75. The van der Waals surface area contributed by atoms with Crippen molar-refractivity contribution in [3.63, 3.8) is 0 Å². The van der Waals surface area contributed by atoms with Crippen molar-refractivity contribution >= 4 is 16.6 Å². The molecule has 0 amide bonds. The highest BCUT2D eigenvalue weighted by Crippen LogP contribution is 2.35. The molecule has 0 saturated heterocycles. The van der Waals surface area contributed by atoms with Crippen molar-refractivity contribution in [2.45, 2.75) is 13.0 Å². The lowest BCUT2D eigenvalue weighted by Crippen LogP contribution is -2.18. The maximum absolute atomic E-state index is 6.03. The summed E-state index contributed by atoms with van der Waals surface area (Å²) in [5, 5.41) is 8.07. The number of hydrogen-bond acceptors (Lipinski definition) is 7. The summed E-state index contributed by atoms with van der Waals surface area (Å²) in [7, 11) is 1.63. The number of aromatic nitrogens is 1. The van der Waals surface area contributed by atoms with Crippen LogP contribution in [0.4, 0.5) is 5.69 Å². The van der Waals surface area contributed by atoms with E-state index in [1.54, 1.807) is 7.11 Å². The average Bonchev–Trinajstić information content (AvgIpc) is 3.36. The van der Waals surface area contributed by atoms with E-state index in [1.807, 2.05) is 66.9 Å². The Morgan fingerprint density at radius 3 is 2.76 bits per heavy atom. The third kappa shape index (κ3) is 4.84. The first-order chi connectivity index (χ1) is 16.8. The fourth-order valence-electron chi connectivity index (χ4n) is 3.96. The van der Waals surface area contributed by atoms with Crippen LogP contribution in [0.5, 0.6) is 28.7 Å². The van der Waals surface area contributed by atoms with Gasteiger partial charge in [-0.3, -0.25) is 4.98 Å². The van der Waals surface area contributed by atoms with E-state index in [-0.39, 0.29) is 0 Å². The molecule has 0 atom stereocenters. The highest BCUT2D eigenvalue weighted by molar-refractivity contribution is 5.91. The summed E-state index contributed by atoms with van der Waals surface area (Å²) in [6, 6.07) is 21.5. The van der Waals surface area contributed by atoms with Crippen molar-refractivity contribution in [2.75, 3.05) is 32.3 Å². The van der Waals surface area contributed by atoms with E-state index in [2.05, 4.69) is 21.7 Å². The topological polar surface area (TPSA) is 73.9 Å². The van der Waals surface area contributed by atoms with Gasteiger partial charge >= 0.3 is 0 Å². The van der Waals surface area contributed by atoms with Crippen LogP contribution in [0.2, 0.25) is 0 Å². The van der Waals surface area contributed by atoms with Gasteiger partial charge in [-0.15, -0.1) is 0 Å². The van der Waals surface area contributed by atoms with Gasteiger partial charge in [-0.05, 0) is 49.4 Å². The van der Waals surface area contributed by atoms with E-state index in [1.165, 1.54) is 0 Å². The smallest absolute Gasteiger partial charge is 0.231 e. The summed E-state index contributed by atoms with van der Waals surface area (Å²) < 4.78 is 22.4. The molecule has 0 aliphatic carbocycles. The molecule has 2 heterocycles. The molecule has 0 saturated carbocycles. The molecule has 7 nitrogen and oxygen atoms in total. The maximum atomic E-state index is 6.03. The van der Waals surface area contributed by atoms with Crippen LogP contribution >= 0.6 is 0 Å². The lowest BCUT2D eigenvalue weighted by molar-refractivity contribution is 0.173. The van der Waals surface area contributed by atoms with E-state index in [4.69, 9.17) is 18.9 Å². The lowest BCUT2D eigenvalue weighted by Gasteiger charge is -2.13. The standard InChI is InChI=1S/C27H27N3O4/c1-31-24-7-2-3-8-25(24)34-20-10-11-21-22(12-15-30-23(21)16-20)29-14-5-13-28-17-19-6-4-9-26-27(19)33-18-32-26/h2-4,6-12,15-16,28H,5,13-14,17-18H2,1H3,(H,29,30). The molecule has 4 aromatic rings. The molecule has 0 fully saturated rings. The predicted octanol–water partition coefficient (Wildman–Crippen LogP) is 5.36. The molecular weight excluding hydrogens is 430 g/mol. The van der Waals surface area contributed by atoms with Crippen LogP contribution in [0.25, 0.3) is 10.9 Å². The van der Waals surface area contributed by atoms with Gasteiger partial charge in [0.2, 0.25) is 6.79 Å². The second-order valence-electron chi connectivity index (χ2n) is 7.90. The molecule has 2 N–H and O–H groups in total. The van der Waals surface area contributed by atoms with Gasteiger partial charge in [0.1, 0.15) is 5.75 Å². The summed E-state index contributed by atoms with van der Waals surface area (Å²) in [6.07, 6.45) is 2.79. The number of para-hydroxylation sites is 3. The number of nitrogens with zero attached hydrogens (tertiary/aromatic N) is 1. The van der Waals surface area contributed by atoms with Gasteiger partial charge in [0, 0.05) is 42.0 Å². The number of fused-ring (bicyclic) bond motifs is 2. The van der Waals surface area contributed by atoms with Gasteiger partial charge < -0.3 is 29.6 Å². The third-order valence-corrected chi connectivity index (χ3v) is 5.65. The van der Waals surface area contributed by atoms with Crippen molar-refractivity contribution in [2.24, 2.45) is 0 Å². The number of rotatable bonds is 10. The largest absolute Gasteiger partial charge is 0.493 e. The summed E-state index contributed by atoms with van der Waals surface area (Å²) in [5.41, 5.74) is 3.05. The van der Waals surface area contributed by atoms with Gasteiger partial charge in [-0.2, -0.15) is 0 Å². The Hall–Kier alpha value is -3.97. The summed E-state index contributed by atoms with van der Waals surface area (Å²) in [6.45, 7) is 2.78. The van der Waals surface area contributed by atoms with Crippen LogP contribution in [0, 0.1) is 0 Å². The Labute approximate surface area is 198 Å². The Bertz CT molecular complexity index is 1280. The van der Waals surface area contributed by atoms with E-state index >= 15 is 0 Å². The van der Waals surface area contributed by atoms with Crippen molar-refractivity contribution < 1.29 is 18.9 Å². The Morgan fingerprint density at radius 1 is 0.941 bits per heavy atom. The molecule has 174 valence electrons. The number of anilines is 1. The van der Waals surface area contributed by atoms with Crippen LogP contribution < -0.4 is 29.6 Å². The quantitative estimate of drug-likeness (QED) is 0.311. The number of hydrogen-bond donors (Lipinski definition) is 2. The molecule has 1 aliphatic heterocycles. The lowest BCUT2D eigenvalue weighted by atomic mass is 10.1. The number of benzene rings is 3. The maximum Gasteiger partial charge on any atom is 0.231 e. The van der Waals surface area contributed by atoms with Gasteiger partial charge in [0.15, 0.2) is 23.0 Å². The molecule has 34 heavy (non-hydrogen) atoms. The zero-order chi connectivity index (χ0) is 23.2. The molecule has 7 heteroatoms. The summed E-state index contributed by atoms with van der Waals surface area (Å²) in [4.78, 5) is 4.52. The van der Waals surface area contributed by atoms with E-state index < -0.39 is 0 Å². The molecule has 0 radical (unpaired) electrons. The van der Waals surface area contributed by atoms with Crippen LogP contribution in [0.15, 0.2) is 72.9 Å². The Morgan fingerprint density at radius 2 is 1.85 bits per heavy atom. The van der Waals surface area contributed by atoms with Gasteiger partial charge in [-0.25, -0.2) is 0 Å². The molecule has 0 spiro atoms. The van der Waals surface area contributed by atoms with E-state index in [0.717, 1.165) is 59.7 Å². The number of methoxy groups -OCH3 is 1. The molecule has 5 rings (SSSR count). The molecule has 0 bridgehead atoms. The van der Waals surface area contributed by atoms with Gasteiger partial charge in [-0.1, -0.05) is 24.3 Å². The average molecular weight is 458 g/mol. The zero-order valence-corrected chi connectivity index (χ0v) is 19.0. The monoisotopic (exact) mass is 457 g/mol. The second kappa shape index (κ2) is 10.3. The third-order valence-electron chi connectivity index (χ3n) is 5.65. The van der Waals surface area contributed by atoms with Gasteiger partial charge in [0.05, 0.1) is 12.6 Å². The number of ether oxygens (including phenoxy) is 4. The zero-order valence-electron chi connectivity index (χ0n) is 19.0. The second-order valence-corrected chi connectivity index (χ2v) is 7.90. The minimum Gasteiger partial charge on any atom is -0.493 e. The molecule has 3 aromatic carbocycles. The van der Waals surface area contributed by atoms with Gasteiger partial charge in [0.25, 0.3) is 0 Å². The number of nitrogens with one attached hydrogen (secondary N) is 2. The fraction of sp³-hybridized carbons (Fsp3) is 0.222. The van der Waals surface area contributed by atoms with Crippen LogP contribution in [0.3, 0.4) is 0 Å². The predicted molar refractivity (Wildman–Crippen MR) is 132 cm³/mol. The molecule has 1 aromatic heterocycles. The Kier molecular flexibility index (Phi) is 6.63. The van der Waals surface area contributed by atoms with E-state index in [0.29, 0.717) is 24.0 Å². The first-order valence-corrected chi connectivity index (χ1v) is 11.3. The number of pyridine rings is 1. The fourth-order valence-corrected chi connectivity index (χ4v) is 3.96. The Balaban J connectivity index is 1.15. The SMILES string of the molecule is COc1ccccc1Oc1ccc2c(NCCCNCc3cccc4c3OCO4)ccnc2c1. The van der Waals surface area contributed by atoms with Crippen LogP contribution in [-0.4, -0.2) is 32.0 Å². The van der Waals surface area contributed by atoms with E-state index in [9.17, 15) is 0 Å². The van der Waals surface area contributed by atoms with Crippen LogP contribution in [-0.2, 0) is 6.54 Å². The molecule has 1 aliphatic rings. The molecule has 0 unspecified atom stereocenters. The highest BCUT2D eigenvalue weighted by Gasteiger charge is 2.16. The highest BCUT2D eigenvalue weighted by atomic mass is 16.7. The summed E-state index contributed by atoms with van der Waals surface area (Å²) >= 11 is 0. The minimum absolute atomic E-state index is 0.296. The van der Waals surface area contributed by atoms with Crippen molar-refractivity contribution in [1.29, 1.82) is 0 Å². The van der Waals surface area contributed by atoms with Crippen molar-refractivity contribution in [3.8, 4) is 28.7 Å². The van der Waals surface area contributed by atoms with Crippen molar-refractivity contribution in [1.82, 2.24) is 10.3 Å². The molecular formula is C27H27N3O4. The normalized spacial score (nSPS) is 12.0. The van der Waals surface area contributed by atoms with Crippen LogP contribution in [0.1, 0.15) is 12.0 Å². The van der Waals surface area contributed by atoms with Crippen molar-refractivity contribution in [3.05, 3.63) is 78.5 Å². The first-order valence-electron chi connectivity index (χ1n) is 11.3.